The van der Waals surface area contributed by atoms with E-state index in [0.717, 1.165) is 10.9 Å². The molecule has 0 spiro atoms. The number of carbonyl (C=O) groups is 1. The minimum Gasteiger partial charge on any atom is -0.267 e. The van der Waals surface area contributed by atoms with Crippen LogP contribution in [0.2, 0.25) is 0 Å². The highest BCUT2D eigenvalue weighted by Crippen LogP contribution is 2.05. The number of carbonyl (C=O) groups excluding carboxylic acids is 1. The van der Waals surface area contributed by atoms with Gasteiger partial charge in [0, 0.05) is 10.4 Å². The Morgan fingerprint density at radius 1 is 1.35 bits per heavy atom. The Morgan fingerprint density at radius 2 is 2.24 bits per heavy atom. The third kappa shape index (κ3) is 3.22. The lowest BCUT2D eigenvalue weighted by Crippen LogP contribution is -2.17. The van der Waals surface area contributed by atoms with E-state index in [0.29, 0.717) is 0 Å². The van der Waals surface area contributed by atoms with Crippen molar-refractivity contribution in [2.45, 2.75) is 0 Å². The Morgan fingerprint density at radius 3 is 2.94 bits per heavy atom. The maximum absolute atomic E-state index is 12.9. The maximum Gasteiger partial charge on any atom is 0.271 e. The molecule has 1 heterocycles. The molecule has 3 nitrogen and oxygen atoms in total. The highest BCUT2D eigenvalue weighted by Gasteiger charge is 2.04. The van der Waals surface area contributed by atoms with E-state index in [9.17, 15) is 9.18 Å². The van der Waals surface area contributed by atoms with E-state index in [1.165, 1.54) is 29.5 Å². The van der Waals surface area contributed by atoms with Gasteiger partial charge in [-0.15, -0.1) is 11.3 Å². The van der Waals surface area contributed by atoms with E-state index in [4.69, 9.17) is 0 Å². The third-order valence-corrected chi connectivity index (χ3v) is 2.79. The Bertz CT molecular complexity index is 537. The number of halogens is 1. The van der Waals surface area contributed by atoms with E-state index in [1.807, 2.05) is 17.5 Å². The molecule has 0 aliphatic heterocycles. The van der Waals surface area contributed by atoms with Crippen LogP contribution in [0.4, 0.5) is 4.39 Å². The molecule has 1 aromatic carbocycles. The van der Waals surface area contributed by atoms with E-state index < -0.39 is 11.7 Å². The van der Waals surface area contributed by atoms with Gasteiger partial charge in [-0.2, -0.15) is 5.10 Å². The molecule has 0 saturated carbocycles. The Kier molecular flexibility index (Phi) is 3.62. The van der Waals surface area contributed by atoms with Crippen molar-refractivity contribution in [3.8, 4) is 0 Å². The molecule has 1 aromatic heterocycles. The van der Waals surface area contributed by atoms with Gasteiger partial charge in [-0.3, -0.25) is 4.79 Å². The molecule has 17 heavy (non-hydrogen) atoms. The first kappa shape index (κ1) is 11.5. The largest absolute Gasteiger partial charge is 0.271 e. The van der Waals surface area contributed by atoms with Crippen molar-refractivity contribution < 1.29 is 9.18 Å². The van der Waals surface area contributed by atoms with Gasteiger partial charge in [-0.1, -0.05) is 12.1 Å². The van der Waals surface area contributed by atoms with E-state index in [2.05, 4.69) is 10.5 Å². The molecule has 0 saturated heterocycles. The van der Waals surface area contributed by atoms with Crippen LogP contribution in [-0.2, 0) is 0 Å². The number of amides is 1. The molecule has 0 atom stereocenters. The quantitative estimate of drug-likeness (QED) is 0.658. The van der Waals surface area contributed by atoms with Crippen LogP contribution in [0.1, 0.15) is 15.2 Å². The van der Waals surface area contributed by atoms with Crippen LogP contribution in [0.5, 0.6) is 0 Å². The van der Waals surface area contributed by atoms with Crippen LogP contribution in [0.3, 0.4) is 0 Å². The van der Waals surface area contributed by atoms with Crippen molar-refractivity contribution in [2.75, 3.05) is 0 Å². The molecule has 0 aliphatic carbocycles. The van der Waals surface area contributed by atoms with Crippen molar-refractivity contribution in [3.05, 3.63) is 58.0 Å². The number of benzene rings is 1. The first-order valence-electron chi connectivity index (χ1n) is 4.88. The predicted molar refractivity (Wildman–Crippen MR) is 65.8 cm³/mol. The van der Waals surface area contributed by atoms with Crippen molar-refractivity contribution in [1.82, 2.24) is 5.43 Å². The van der Waals surface area contributed by atoms with Crippen molar-refractivity contribution in [2.24, 2.45) is 5.10 Å². The molecular formula is C12H9FN2OS. The van der Waals surface area contributed by atoms with Crippen molar-refractivity contribution in [1.29, 1.82) is 0 Å². The van der Waals surface area contributed by atoms with Gasteiger partial charge < -0.3 is 0 Å². The zero-order chi connectivity index (χ0) is 12.1. The highest BCUT2D eigenvalue weighted by atomic mass is 32.1. The van der Waals surface area contributed by atoms with Gasteiger partial charge in [-0.05, 0) is 29.6 Å². The predicted octanol–water partition coefficient (Wildman–Crippen LogP) is 2.65. The molecule has 5 heteroatoms. The van der Waals surface area contributed by atoms with Gasteiger partial charge in [0.1, 0.15) is 5.82 Å². The zero-order valence-electron chi connectivity index (χ0n) is 8.76. The van der Waals surface area contributed by atoms with E-state index in [-0.39, 0.29) is 5.56 Å². The van der Waals surface area contributed by atoms with Crippen LogP contribution in [0.25, 0.3) is 0 Å². The number of hydrazone groups is 1. The molecule has 0 bridgehead atoms. The topological polar surface area (TPSA) is 41.5 Å². The lowest BCUT2D eigenvalue weighted by Gasteiger charge is -1.98. The smallest absolute Gasteiger partial charge is 0.267 e. The second kappa shape index (κ2) is 5.36. The van der Waals surface area contributed by atoms with Crippen LogP contribution in [-0.4, -0.2) is 12.1 Å². The summed E-state index contributed by atoms with van der Waals surface area (Å²) in [6, 6.07) is 9.22. The molecule has 0 radical (unpaired) electrons. The van der Waals surface area contributed by atoms with Gasteiger partial charge in [-0.25, -0.2) is 9.82 Å². The molecule has 0 fully saturated rings. The summed E-state index contributed by atoms with van der Waals surface area (Å²) in [6.45, 7) is 0. The summed E-state index contributed by atoms with van der Waals surface area (Å²) in [4.78, 5) is 12.5. The number of hydrogen-bond acceptors (Lipinski definition) is 3. The SMILES string of the molecule is O=C(N/N=C/c1cccs1)c1cccc(F)c1. The van der Waals surface area contributed by atoms with Crippen LogP contribution >= 0.6 is 11.3 Å². The fourth-order valence-corrected chi connectivity index (χ4v) is 1.80. The van der Waals surface area contributed by atoms with Crippen LogP contribution < -0.4 is 5.43 Å². The first-order chi connectivity index (χ1) is 8.25. The summed E-state index contributed by atoms with van der Waals surface area (Å²) in [5.41, 5.74) is 2.58. The van der Waals surface area contributed by atoms with Gasteiger partial charge in [0.25, 0.3) is 5.91 Å². The third-order valence-electron chi connectivity index (χ3n) is 1.99. The van der Waals surface area contributed by atoms with Crippen molar-refractivity contribution in [3.63, 3.8) is 0 Å². The number of thiophene rings is 1. The average molecular weight is 248 g/mol. The monoisotopic (exact) mass is 248 g/mol. The fourth-order valence-electron chi connectivity index (χ4n) is 1.21. The summed E-state index contributed by atoms with van der Waals surface area (Å²) < 4.78 is 12.9. The number of rotatable bonds is 3. The van der Waals surface area contributed by atoms with E-state index >= 15 is 0 Å². The maximum atomic E-state index is 12.9. The molecule has 1 amide bonds. The van der Waals surface area contributed by atoms with Crippen LogP contribution in [0.15, 0.2) is 46.9 Å². The minimum atomic E-state index is -0.445. The second-order valence-corrected chi connectivity index (χ2v) is 4.20. The fraction of sp³-hybridized carbons (Fsp3) is 0. The number of nitrogens with zero attached hydrogens (tertiary/aromatic N) is 1. The lowest BCUT2D eigenvalue weighted by molar-refractivity contribution is 0.0954. The molecule has 0 aliphatic rings. The number of hydrogen-bond donors (Lipinski definition) is 1. The van der Waals surface area contributed by atoms with Gasteiger partial charge in [0.15, 0.2) is 0 Å². The summed E-state index contributed by atoms with van der Waals surface area (Å²) in [5.74, 6) is -0.878. The Balaban J connectivity index is 1.98. The number of nitrogens with one attached hydrogen (secondary N) is 1. The summed E-state index contributed by atoms with van der Waals surface area (Å²) in [6.07, 6.45) is 1.54. The van der Waals surface area contributed by atoms with Crippen molar-refractivity contribution >= 4 is 23.5 Å². The zero-order valence-corrected chi connectivity index (χ0v) is 9.58. The second-order valence-electron chi connectivity index (χ2n) is 3.22. The first-order valence-corrected chi connectivity index (χ1v) is 5.76. The van der Waals surface area contributed by atoms with Gasteiger partial charge in [0.2, 0.25) is 0 Å². The Labute approximate surface area is 102 Å². The molecule has 1 N–H and O–H groups in total. The minimum absolute atomic E-state index is 0.244. The summed E-state index contributed by atoms with van der Waals surface area (Å²) >= 11 is 1.51. The lowest BCUT2D eigenvalue weighted by atomic mass is 10.2. The van der Waals surface area contributed by atoms with E-state index in [1.54, 1.807) is 6.21 Å². The molecular weight excluding hydrogens is 239 g/mol. The summed E-state index contributed by atoms with van der Waals surface area (Å²) in [7, 11) is 0. The van der Waals surface area contributed by atoms with Gasteiger partial charge in [0.05, 0.1) is 6.21 Å². The standard InChI is InChI=1S/C12H9FN2OS/c13-10-4-1-3-9(7-10)12(16)15-14-8-11-5-2-6-17-11/h1-8H,(H,15,16)/b14-8+. The van der Waals surface area contributed by atoms with Gasteiger partial charge >= 0.3 is 0 Å². The Hall–Kier alpha value is -2.01. The highest BCUT2D eigenvalue weighted by molar-refractivity contribution is 7.11. The normalized spacial score (nSPS) is 10.6. The molecule has 2 aromatic rings. The molecule has 86 valence electrons. The van der Waals surface area contributed by atoms with Crippen LogP contribution in [0, 0.1) is 5.82 Å². The average Bonchev–Trinajstić information content (AvgIpc) is 2.82. The summed E-state index contributed by atoms with van der Waals surface area (Å²) in [5, 5.41) is 5.70. The molecule has 0 unspecified atom stereocenters. The molecule has 2 rings (SSSR count).